The quantitative estimate of drug-likeness (QED) is 0.547. The lowest BCUT2D eigenvalue weighted by atomic mass is 10.2. The van der Waals surface area contributed by atoms with E-state index in [4.69, 9.17) is 0 Å². The summed E-state index contributed by atoms with van der Waals surface area (Å²) in [6.07, 6.45) is 0. The standard InChI is InChI=1S/C9H7N3O2/c1-5-4-6-7(10-5)2-3-8-9(6)11-14-12(8)13/h2-4,13H,1H3. The topological polar surface area (TPSA) is 64.1 Å². The fraction of sp³-hybridized carbons (Fsp3) is 0.111. The average Bonchev–Trinajstić information content (AvgIpc) is 2.68. The molecule has 0 unspecified atom stereocenters. The second-order valence-corrected chi connectivity index (χ2v) is 3.21. The summed E-state index contributed by atoms with van der Waals surface area (Å²) in [5.41, 5.74) is 2.97. The second kappa shape index (κ2) is 2.25. The summed E-state index contributed by atoms with van der Waals surface area (Å²) in [5, 5.41) is 13.9. The third-order valence-corrected chi connectivity index (χ3v) is 2.24. The molecule has 0 radical (unpaired) electrons. The lowest BCUT2D eigenvalue weighted by Gasteiger charge is -1.88. The molecule has 0 aliphatic rings. The van der Waals surface area contributed by atoms with Crippen LogP contribution >= 0.6 is 0 Å². The largest absolute Gasteiger partial charge is 0.399 e. The molecule has 0 atom stereocenters. The van der Waals surface area contributed by atoms with Crippen LogP contribution in [0.5, 0.6) is 0 Å². The molecule has 0 saturated carbocycles. The maximum Gasteiger partial charge on any atom is 0.150 e. The number of hydrogen-bond acceptors (Lipinski definition) is 4. The van der Waals surface area contributed by atoms with Crippen LogP contribution in [0.15, 0.2) is 22.8 Å². The van der Waals surface area contributed by atoms with Crippen molar-refractivity contribution in [2.75, 3.05) is 0 Å². The normalized spacial score (nSPS) is 11.5. The molecule has 3 rings (SSSR count). The molecule has 0 bridgehead atoms. The molecular formula is C9H7N3O2. The number of hydrogen-bond donors (Lipinski definition) is 1. The van der Waals surface area contributed by atoms with Crippen LogP contribution in [0.4, 0.5) is 0 Å². The molecule has 2 aromatic heterocycles. The van der Waals surface area contributed by atoms with E-state index in [-0.39, 0.29) is 0 Å². The zero-order chi connectivity index (χ0) is 9.71. The summed E-state index contributed by atoms with van der Waals surface area (Å²) in [5.74, 6) is 0. The molecule has 5 heteroatoms. The third-order valence-electron chi connectivity index (χ3n) is 2.24. The summed E-state index contributed by atoms with van der Waals surface area (Å²) < 4.78 is 4.63. The summed E-state index contributed by atoms with van der Waals surface area (Å²) in [6, 6.07) is 5.47. The number of benzene rings is 1. The van der Waals surface area contributed by atoms with E-state index in [1.54, 1.807) is 6.07 Å². The first-order valence-corrected chi connectivity index (χ1v) is 4.20. The van der Waals surface area contributed by atoms with E-state index >= 15 is 0 Å². The van der Waals surface area contributed by atoms with Gasteiger partial charge in [-0.1, -0.05) is 0 Å². The highest BCUT2D eigenvalue weighted by molar-refractivity contribution is 6.02. The highest BCUT2D eigenvalue weighted by Crippen LogP contribution is 2.23. The Balaban J connectivity index is 2.60. The summed E-state index contributed by atoms with van der Waals surface area (Å²) in [7, 11) is 0. The van der Waals surface area contributed by atoms with Gasteiger partial charge in [-0.3, -0.25) is 4.98 Å². The molecule has 0 saturated heterocycles. The zero-order valence-electron chi connectivity index (χ0n) is 7.43. The van der Waals surface area contributed by atoms with Gasteiger partial charge in [-0.25, -0.2) is 4.63 Å². The predicted octanol–water partition coefficient (Wildman–Crippen LogP) is 1.72. The Hall–Kier alpha value is -2.04. The maximum absolute atomic E-state index is 9.24. The van der Waals surface area contributed by atoms with Crippen molar-refractivity contribution in [3.05, 3.63) is 23.9 Å². The Bertz CT molecular complexity index is 623. The van der Waals surface area contributed by atoms with Crippen molar-refractivity contribution in [1.82, 2.24) is 15.0 Å². The third kappa shape index (κ3) is 0.783. The van der Waals surface area contributed by atoms with Crippen molar-refractivity contribution in [3.8, 4) is 0 Å². The first kappa shape index (κ1) is 7.37. The predicted molar refractivity (Wildman–Crippen MR) is 49.2 cm³/mol. The van der Waals surface area contributed by atoms with Gasteiger partial charge in [-0.2, -0.15) is 0 Å². The van der Waals surface area contributed by atoms with Gasteiger partial charge in [0.25, 0.3) is 0 Å². The minimum atomic E-state index is 0.546. The number of aryl methyl sites for hydroxylation is 1. The molecule has 70 valence electrons. The second-order valence-electron chi connectivity index (χ2n) is 3.21. The van der Waals surface area contributed by atoms with Crippen molar-refractivity contribution in [2.24, 2.45) is 0 Å². The van der Waals surface area contributed by atoms with Gasteiger partial charge < -0.3 is 5.21 Å². The Morgan fingerprint density at radius 3 is 3.14 bits per heavy atom. The van der Waals surface area contributed by atoms with E-state index in [2.05, 4.69) is 14.8 Å². The average molecular weight is 189 g/mol. The minimum absolute atomic E-state index is 0.546. The Kier molecular flexibility index (Phi) is 1.19. The van der Waals surface area contributed by atoms with Crippen LogP contribution in [0.1, 0.15) is 5.69 Å². The van der Waals surface area contributed by atoms with Crippen LogP contribution in [0.25, 0.3) is 21.9 Å². The molecule has 1 N–H and O–H groups in total. The van der Waals surface area contributed by atoms with Gasteiger partial charge in [0.2, 0.25) is 0 Å². The van der Waals surface area contributed by atoms with E-state index in [9.17, 15) is 5.21 Å². The molecule has 0 amide bonds. The number of fused-ring (bicyclic) bond motifs is 3. The lowest BCUT2D eigenvalue weighted by molar-refractivity contribution is -0.00914. The lowest BCUT2D eigenvalue weighted by Crippen LogP contribution is -1.84. The van der Waals surface area contributed by atoms with Crippen molar-refractivity contribution in [3.63, 3.8) is 0 Å². The van der Waals surface area contributed by atoms with Gasteiger partial charge >= 0.3 is 0 Å². The zero-order valence-corrected chi connectivity index (χ0v) is 7.43. The highest BCUT2D eigenvalue weighted by Gasteiger charge is 2.10. The Morgan fingerprint density at radius 1 is 1.43 bits per heavy atom. The number of rotatable bonds is 0. The van der Waals surface area contributed by atoms with Gasteiger partial charge in [0.1, 0.15) is 11.0 Å². The van der Waals surface area contributed by atoms with Gasteiger partial charge in [-0.15, -0.1) is 0 Å². The van der Waals surface area contributed by atoms with Gasteiger partial charge in [-0.05, 0) is 35.2 Å². The molecule has 14 heavy (non-hydrogen) atoms. The fourth-order valence-corrected chi connectivity index (χ4v) is 1.63. The van der Waals surface area contributed by atoms with Gasteiger partial charge in [0.15, 0.2) is 0 Å². The maximum atomic E-state index is 9.24. The smallest absolute Gasteiger partial charge is 0.150 e. The number of aromatic nitrogens is 3. The molecule has 5 nitrogen and oxygen atoms in total. The minimum Gasteiger partial charge on any atom is -0.399 e. The van der Waals surface area contributed by atoms with E-state index in [1.807, 2.05) is 19.1 Å². The van der Waals surface area contributed by atoms with Crippen LogP contribution in [0, 0.1) is 6.92 Å². The summed E-state index contributed by atoms with van der Waals surface area (Å²) in [4.78, 5) is 4.95. The molecule has 1 aromatic carbocycles. The van der Waals surface area contributed by atoms with E-state index < -0.39 is 0 Å². The Labute approximate surface area is 78.5 Å². The van der Waals surface area contributed by atoms with Crippen molar-refractivity contribution in [2.45, 2.75) is 6.92 Å². The highest BCUT2D eigenvalue weighted by atomic mass is 16.8. The van der Waals surface area contributed by atoms with Crippen LogP contribution in [-0.2, 0) is 0 Å². The molecular weight excluding hydrogens is 182 g/mol. The van der Waals surface area contributed by atoms with Crippen LogP contribution < -0.4 is 0 Å². The van der Waals surface area contributed by atoms with Crippen LogP contribution in [-0.4, -0.2) is 20.3 Å². The van der Waals surface area contributed by atoms with Crippen molar-refractivity contribution in [1.29, 1.82) is 0 Å². The molecule has 0 aliphatic heterocycles. The van der Waals surface area contributed by atoms with Crippen molar-refractivity contribution < 1.29 is 9.84 Å². The van der Waals surface area contributed by atoms with E-state index in [0.717, 1.165) is 16.6 Å². The van der Waals surface area contributed by atoms with Gasteiger partial charge in [0.05, 0.1) is 5.52 Å². The van der Waals surface area contributed by atoms with Crippen LogP contribution in [0.3, 0.4) is 0 Å². The van der Waals surface area contributed by atoms with Crippen LogP contribution in [0.2, 0.25) is 0 Å². The first-order chi connectivity index (χ1) is 6.75. The fourth-order valence-electron chi connectivity index (χ4n) is 1.63. The summed E-state index contributed by atoms with van der Waals surface area (Å²) in [6.45, 7) is 1.92. The SMILES string of the molecule is Cc1cc2c(ccc3c2non3O)n1. The summed E-state index contributed by atoms with van der Waals surface area (Å²) >= 11 is 0. The molecule has 0 fully saturated rings. The number of nitrogens with zero attached hydrogens (tertiary/aromatic N) is 3. The van der Waals surface area contributed by atoms with E-state index in [1.165, 1.54) is 0 Å². The molecule has 0 aliphatic carbocycles. The van der Waals surface area contributed by atoms with E-state index in [0.29, 0.717) is 15.9 Å². The molecule has 2 heterocycles. The monoisotopic (exact) mass is 189 g/mol. The first-order valence-electron chi connectivity index (χ1n) is 4.20. The van der Waals surface area contributed by atoms with Gasteiger partial charge in [0, 0.05) is 11.1 Å². The molecule has 3 aromatic rings. The Morgan fingerprint density at radius 2 is 2.29 bits per heavy atom. The molecule has 0 spiro atoms. The van der Waals surface area contributed by atoms with Crippen molar-refractivity contribution >= 4 is 21.9 Å².